The van der Waals surface area contributed by atoms with Gasteiger partial charge in [-0.05, 0) is 37.9 Å². The van der Waals surface area contributed by atoms with E-state index in [1.165, 1.54) is 12.8 Å². The molecule has 3 unspecified atom stereocenters. The van der Waals surface area contributed by atoms with Crippen molar-refractivity contribution in [3.8, 4) is 6.07 Å². The number of rotatable bonds is 8. The summed E-state index contributed by atoms with van der Waals surface area (Å²) in [6.07, 6.45) is 3.28. The van der Waals surface area contributed by atoms with E-state index in [0.29, 0.717) is 17.2 Å². The van der Waals surface area contributed by atoms with Crippen LogP contribution in [0.4, 0.5) is 0 Å². The van der Waals surface area contributed by atoms with Crippen LogP contribution in [0.5, 0.6) is 0 Å². The Morgan fingerprint density at radius 2 is 2.18 bits per heavy atom. The van der Waals surface area contributed by atoms with Crippen LogP contribution in [-0.4, -0.2) is 34.3 Å². The molecule has 3 atom stereocenters. The van der Waals surface area contributed by atoms with Gasteiger partial charge in [0.25, 0.3) is 0 Å². The van der Waals surface area contributed by atoms with Gasteiger partial charge in [0.2, 0.25) is 0 Å². The lowest BCUT2D eigenvalue weighted by molar-refractivity contribution is 0.250. The Balaban J connectivity index is 2.31. The molecule has 1 rings (SSSR count). The Morgan fingerprint density at radius 1 is 1.53 bits per heavy atom. The zero-order valence-corrected chi connectivity index (χ0v) is 11.9. The summed E-state index contributed by atoms with van der Waals surface area (Å²) in [5.74, 6) is 1.30. The standard InChI is InChI=1S/C13H24N2OS/c1-10(7-16)8-17-11(2)6-13(3,9-14)15-12-4-5-12/h10-12,15-16H,4-8H2,1-3H3. The Bertz CT molecular complexity index is 275. The van der Waals surface area contributed by atoms with Gasteiger partial charge in [0.1, 0.15) is 5.54 Å². The summed E-state index contributed by atoms with van der Waals surface area (Å²) in [5.41, 5.74) is -0.393. The van der Waals surface area contributed by atoms with Crippen molar-refractivity contribution < 1.29 is 5.11 Å². The topological polar surface area (TPSA) is 56.0 Å². The minimum Gasteiger partial charge on any atom is -0.396 e. The summed E-state index contributed by atoms with van der Waals surface area (Å²) in [4.78, 5) is 0. The number of nitriles is 1. The molecule has 2 N–H and O–H groups in total. The first-order valence-electron chi connectivity index (χ1n) is 6.40. The number of nitrogens with zero attached hydrogens (tertiary/aromatic N) is 1. The van der Waals surface area contributed by atoms with E-state index in [9.17, 15) is 5.26 Å². The van der Waals surface area contributed by atoms with E-state index in [1.807, 2.05) is 25.6 Å². The van der Waals surface area contributed by atoms with Gasteiger partial charge in [0, 0.05) is 17.9 Å². The second-order valence-corrected chi connectivity index (χ2v) is 6.97. The van der Waals surface area contributed by atoms with Crippen LogP contribution in [0.25, 0.3) is 0 Å². The van der Waals surface area contributed by atoms with Crippen LogP contribution in [0.2, 0.25) is 0 Å². The Hall–Kier alpha value is -0.240. The molecule has 0 heterocycles. The number of hydrogen-bond acceptors (Lipinski definition) is 4. The van der Waals surface area contributed by atoms with E-state index in [2.05, 4.69) is 18.3 Å². The van der Waals surface area contributed by atoms with Gasteiger partial charge in [-0.15, -0.1) is 0 Å². The Labute approximate surface area is 109 Å². The molecule has 0 aromatic rings. The molecule has 1 saturated carbocycles. The quantitative estimate of drug-likeness (QED) is 0.699. The van der Waals surface area contributed by atoms with Crippen molar-refractivity contribution in [1.82, 2.24) is 5.32 Å². The van der Waals surface area contributed by atoms with Crippen LogP contribution in [0, 0.1) is 17.2 Å². The van der Waals surface area contributed by atoms with Crippen molar-refractivity contribution >= 4 is 11.8 Å². The highest BCUT2D eigenvalue weighted by Gasteiger charge is 2.33. The summed E-state index contributed by atoms with van der Waals surface area (Å²) in [5, 5.41) is 22.1. The maximum Gasteiger partial charge on any atom is 0.105 e. The van der Waals surface area contributed by atoms with Gasteiger partial charge in [-0.25, -0.2) is 0 Å². The van der Waals surface area contributed by atoms with Crippen LogP contribution >= 0.6 is 11.8 Å². The molecule has 1 aliphatic rings. The zero-order valence-electron chi connectivity index (χ0n) is 11.1. The molecule has 0 radical (unpaired) electrons. The van der Waals surface area contributed by atoms with Crippen LogP contribution in [0.3, 0.4) is 0 Å². The van der Waals surface area contributed by atoms with Gasteiger partial charge in [0.05, 0.1) is 6.07 Å². The van der Waals surface area contributed by atoms with Crippen molar-refractivity contribution in [2.45, 2.75) is 56.9 Å². The van der Waals surface area contributed by atoms with Crippen LogP contribution in [0.1, 0.15) is 40.0 Å². The SMILES string of the molecule is CC(CO)CSC(C)CC(C)(C#N)NC1CC1. The van der Waals surface area contributed by atoms with E-state index in [1.54, 1.807) is 0 Å². The number of thioether (sulfide) groups is 1. The smallest absolute Gasteiger partial charge is 0.105 e. The number of aliphatic hydroxyl groups is 1. The fraction of sp³-hybridized carbons (Fsp3) is 0.923. The molecule has 0 aromatic heterocycles. The van der Waals surface area contributed by atoms with Gasteiger partial charge in [-0.2, -0.15) is 17.0 Å². The molecule has 3 nitrogen and oxygen atoms in total. The fourth-order valence-electron chi connectivity index (χ4n) is 1.83. The maximum absolute atomic E-state index is 9.27. The third kappa shape index (κ3) is 5.76. The number of hydrogen-bond donors (Lipinski definition) is 2. The minimum atomic E-state index is -0.393. The van der Waals surface area contributed by atoms with Crippen molar-refractivity contribution in [2.75, 3.05) is 12.4 Å². The average molecular weight is 256 g/mol. The summed E-state index contributed by atoms with van der Waals surface area (Å²) >= 11 is 1.85. The average Bonchev–Trinajstić information content (AvgIpc) is 3.09. The van der Waals surface area contributed by atoms with Crippen molar-refractivity contribution in [3.63, 3.8) is 0 Å². The molecular weight excluding hydrogens is 232 g/mol. The van der Waals surface area contributed by atoms with E-state index in [4.69, 9.17) is 5.11 Å². The summed E-state index contributed by atoms with van der Waals surface area (Å²) in [6, 6.07) is 2.97. The molecule has 98 valence electrons. The lowest BCUT2D eigenvalue weighted by Crippen LogP contribution is -2.44. The van der Waals surface area contributed by atoms with E-state index in [0.717, 1.165) is 12.2 Å². The maximum atomic E-state index is 9.27. The van der Waals surface area contributed by atoms with Crippen LogP contribution < -0.4 is 5.32 Å². The number of aliphatic hydroxyl groups excluding tert-OH is 1. The lowest BCUT2D eigenvalue weighted by Gasteiger charge is -2.27. The second kappa shape index (κ2) is 6.63. The first-order chi connectivity index (χ1) is 7.99. The highest BCUT2D eigenvalue weighted by Crippen LogP contribution is 2.28. The molecule has 0 aliphatic heterocycles. The first-order valence-corrected chi connectivity index (χ1v) is 7.45. The summed E-state index contributed by atoms with van der Waals surface area (Å²) in [6.45, 7) is 6.46. The van der Waals surface area contributed by atoms with Crippen molar-refractivity contribution in [3.05, 3.63) is 0 Å². The van der Waals surface area contributed by atoms with E-state index >= 15 is 0 Å². The molecule has 17 heavy (non-hydrogen) atoms. The van der Waals surface area contributed by atoms with Gasteiger partial charge >= 0.3 is 0 Å². The molecular formula is C13H24N2OS. The molecule has 0 amide bonds. The molecule has 1 aliphatic carbocycles. The Morgan fingerprint density at radius 3 is 2.65 bits per heavy atom. The van der Waals surface area contributed by atoms with E-state index < -0.39 is 5.54 Å². The molecule has 0 saturated heterocycles. The first kappa shape index (κ1) is 14.8. The minimum absolute atomic E-state index is 0.246. The normalized spacial score (nSPS) is 22.5. The highest BCUT2D eigenvalue weighted by atomic mass is 32.2. The van der Waals surface area contributed by atoms with Gasteiger partial charge < -0.3 is 5.11 Å². The van der Waals surface area contributed by atoms with Crippen molar-refractivity contribution in [1.29, 1.82) is 5.26 Å². The molecule has 0 aromatic carbocycles. The summed E-state index contributed by atoms with van der Waals surface area (Å²) in [7, 11) is 0. The Kier molecular flexibility index (Phi) is 5.78. The monoisotopic (exact) mass is 256 g/mol. The van der Waals surface area contributed by atoms with Gasteiger partial charge in [0.15, 0.2) is 0 Å². The summed E-state index contributed by atoms with van der Waals surface area (Å²) < 4.78 is 0. The molecule has 1 fully saturated rings. The lowest BCUT2D eigenvalue weighted by atomic mass is 9.98. The van der Waals surface area contributed by atoms with Crippen LogP contribution in [-0.2, 0) is 0 Å². The fourth-order valence-corrected chi connectivity index (χ4v) is 3.04. The molecule has 0 bridgehead atoms. The second-order valence-electron chi connectivity index (χ2n) is 5.50. The van der Waals surface area contributed by atoms with E-state index in [-0.39, 0.29) is 6.61 Å². The molecule has 4 heteroatoms. The third-order valence-electron chi connectivity index (χ3n) is 3.02. The predicted octanol–water partition coefficient (Wildman–Crippen LogP) is 2.16. The van der Waals surface area contributed by atoms with Crippen molar-refractivity contribution in [2.24, 2.45) is 5.92 Å². The largest absolute Gasteiger partial charge is 0.396 e. The highest BCUT2D eigenvalue weighted by molar-refractivity contribution is 7.99. The predicted molar refractivity (Wildman–Crippen MR) is 73.0 cm³/mol. The zero-order chi connectivity index (χ0) is 12.9. The van der Waals surface area contributed by atoms with Gasteiger partial charge in [-0.3, -0.25) is 5.32 Å². The third-order valence-corrected chi connectivity index (χ3v) is 4.52. The van der Waals surface area contributed by atoms with Crippen LogP contribution in [0.15, 0.2) is 0 Å². The van der Waals surface area contributed by atoms with Gasteiger partial charge in [-0.1, -0.05) is 13.8 Å². The molecule has 0 spiro atoms. The number of nitrogens with one attached hydrogen (secondary N) is 1.